The summed E-state index contributed by atoms with van der Waals surface area (Å²) < 4.78 is 11.5. The van der Waals surface area contributed by atoms with Crippen LogP contribution in [0.25, 0.3) is 0 Å². The molecule has 0 amide bonds. The van der Waals surface area contributed by atoms with Gasteiger partial charge in [-0.2, -0.15) is 0 Å². The maximum atomic E-state index is 7.77. The summed E-state index contributed by atoms with van der Waals surface area (Å²) in [4.78, 5) is 4.64. The molecule has 5 heteroatoms. The summed E-state index contributed by atoms with van der Waals surface area (Å²) in [6.45, 7) is 0. The molecular weight excluding hydrogens is 266 g/mol. The molecular formula is C16H23N3O2. The molecule has 2 aliphatic rings. The molecule has 3 N–H and O–H groups in total. The third kappa shape index (κ3) is 3.02. The van der Waals surface area contributed by atoms with Crippen molar-refractivity contribution >= 4 is 5.84 Å². The highest BCUT2D eigenvalue weighted by atomic mass is 16.5. The topological polar surface area (TPSA) is 81.2 Å². The smallest absolute Gasteiger partial charge is 0.225 e. The second-order valence-electron chi connectivity index (χ2n) is 5.98. The molecule has 0 spiro atoms. The van der Waals surface area contributed by atoms with Crippen LogP contribution in [0.1, 0.15) is 48.9 Å². The fraction of sp³-hybridized carbons (Fsp3) is 0.625. The standard InChI is InChI=1S/C16H23N3O2/c1-20-11-5-3-6-12(9-11)21-16-13(15(17)18)8-10-4-2-7-14(10)19-16/h8,11-12H,2-7,9H2,1H3,(H3,17,18). The third-order valence-electron chi connectivity index (χ3n) is 4.50. The lowest BCUT2D eigenvalue weighted by atomic mass is 9.95. The first-order chi connectivity index (χ1) is 10.2. The molecule has 0 saturated heterocycles. The Hall–Kier alpha value is -1.62. The number of aromatic nitrogens is 1. The quantitative estimate of drug-likeness (QED) is 0.657. The van der Waals surface area contributed by atoms with Crippen LogP contribution in [0.5, 0.6) is 5.88 Å². The predicted octanol–water partition coefficient (Wildman–Crippen LogP) is 2.19. The average Bonchev–Trinajstić information content (AvgIpc) is 2.93. The summed E-state index contributed by atoms with van der Waals surface area (Å²) in [5.41, 5.74) is 8.66. The highest BCUT2D eigenvalue weighted by Crippen LogP contribution is 2.30. The van der Waals surface area contributed by atoms with Crippen LogP contribution in [0.2, 0.25) is 0 Å². The van der Waals surface area contributed by atoms with Crippen molar-refractivity contribution in [1.29, 1.82) is 5.41 Å². The number of aryl methyl sites for hydroxylation is 2. The lowest BCUT2D eigenvalue weighted by molar-refractivity contribution is 0.0194. The average molecular weight is 289 g/mol. The van der Waals surface area contributed by atoms with Crippen molar-refractivity contribution in [2.45, 2.75) is 57.2 Å². The third-order valence-corrected chi connectivity index (χ3v) is 4.50. The van der Waals surface area contributed by atoms with E-state index in [2.05, 4.69) is 4.98 Å². The van der Waals surface area contributed by atoms with Gasteiger partial charge in [0.05, 0.1) is 11.7 Å². The van der Waals surface area contributed by atoms with E-state index >= 15 is 0 Å². The molecule has 1 aromatic rings. The van der Waals surface area contributed by atoms with Crippen molar-refractivity contribution in [2.75, 3.05) is 7.11 Å². The van der Waals surface area contributed by atoms with E-state index in [-0.39, 0.29) is 18.0 Å². The van der Waals surface area contributed by atoms with Crippen molar-refractivity contribution in [1.82, 2.24) is 4.98 Å². The highest BCUT2D eigenvalue weighted by molar-refractivity contribution is 5.97. The maximum Gasteiger partial charge on any atom is 0.225 e. The minimum atomic E-state index is 0.0336. The Labute approximate surface area is 125 Å². The zero-order valence-corrected chi connectivity index (χ0v) is 12.5. The van der Waals surface area contributed by atoms with Crippen LogP contribution in [0.15, 0.2) is 6.07 Å². The summed E-state index contributed by atoms with van der Waals surface area (Å²) in [6, 6.07) is 1.99. The minimum absolute atomic E-state index is 0.0336. The van der Waals surface area contributed by atoms with Gasteiger partial charge in [-0.15, -0.1) is 0 Å². The Kier molecular flexibility index (Phi) is 4.10. The number of amidine groups is 1. The number of hydrogen-bond donors (Lipinski definition) is 2. The fourth-order valence-corrected chi connectivity index (χ4v) is 3.32. The Balaban J connectivity index is 1.82. The van der Waals surface area contributed by atoms with Crippen LogP contribution >= 0.6 is 0 Å². The molecule has 0 aliphatic heterocycles. The number of nitrogens with one attached hydrogen (secondary N) is 1. The van der Waals surface area contributed by atoms with Gasteiger partial charge in [-0.3, -0.25) is 5.41 Å². The highest BCUT2D eigenvalue weighted by Gasteiger charge is 2.26. The van der Waals surface area contributed by atoms with E-state index in [4.69, 9.17) is 20.6 Å². The lowest BCUT2D eigenvalue weighted by Crippen LogP contribution is -2.30. The first-order valence-corrected chi connectivity index (χ1v) is 7.74. The summed E-state index contributed by atoms with van der Waals surface area (Å²) in [5.74, 6) is 0.566. The number of ether oxygens (including phenoxy) is 2. The van der Waals surface area contributed by atoms with Crippen LogP contribution in [-0.4, -0.2) is 30.1 Å². The van der Waals surface area contributed by atoms with Crippen LogP contribution in [-0.2, 0) is 17.6 Å². The zero-order valence-electron chi connectivity index (χ0n) is 12.5. The Bertz CT molecular complexity index is 545. The van der Waals surface area contributed by atoms with Gasteiger partial charge in [-0.1, -0.05) is 0 Å². The zero-order chi connectivity index (χ0) is 14.8. The van der Waals surface area contributed by atoms with Gasteiger partial charge < -0.3 is 15.2 Å². The number of pyridine rings is 1. The van der Waals surface area contributed by atoms with Crippen LogP contribution in [0.3, 0.4) is 0 Å². The van der Waals surface area contributed by atoms with E-state index in [1.54, 1.807) is 7.11 Å². The molecule has 2 atom stereocenters. The molecule has 0 bridgehead atoms. The van der Waals surface area contributed by atoms with Crippen LogP contribution in [0.4, 0.5) is 0 Å². The Morgan fingerprint density at radius 2 is 2.10 bits per heavy atom. The van der Waals surface area contributed by atoms with Gasteiger partial charge in [0.15, 0.2) is 0 Å². The van der Waals surface area contributed by atoms with E-state index in [0.29, 0.717) is 11.4 Å². The number of nitrogens with zero attached hydrogens (tertiary/aromatic N) is 1. The van der Waals surface area contributed by atoms with Crippen molar-refractivity contribution in [2.24, 2.45) is 5.73 Å². The number of nitrogens with two attached hydrogens (primary N) is 1. The van der Waals surface area contributed by atoms with Crippen molar-refractivity contribution in [3.63, 3.8) is 0 Å². The first-order valence-electron chi connectivity index (χ1n) is 7.74. The van der Waals surface area contributed by atoms with E-state index in [0.717, 1.165) is 50.6 Å². The molecule has 1 aromatic heterocycles. The van der Waals surface area contributed by atoms with Gasteiger partial charge in [-0.25, -0.2) is 4.98 Å². The Morgan fingerprint density at radius 1 is 1.29 bits per heavy atom. The summed E-state index contributed by atoms with van der Waals surface area (Å²) in [7, 11) is 1.75. The molecule has 0 radical (unpaired) electrons. The molecule has 114 valence electrons. The summed E-state index contributed by atoms with van der Waals surface area (Å²) in [5, 5.41) is 7.77. The monoisotopic (exact) mass is 289 g/mol. The van der Waals surface area contributed by atoms with Gasteiger partial charge in [0, 0.05) is 19.2 Å². The van der Waals surface area contributed by atoms with Gasteiger partial charge in [0.2, 0.25) is 5.88 Å². The number of methoxy groups -OCH3 is 1. The van der Waals surface area contributed by atoms with Crippen LogP contribution < -0.4 is 10.5 Å². The number of fused-ring (bicyclic) bond motifs is 1. The van der Waals surface area contributed by atoms with Gasteiger partial charge in [0.1, 0.15) is 11.9 Å². The molecule has 1 saturated carbocycles. The van der Waals surface area contributed by atoms with E-state index in [1.807, 2.05) is 6.07 Å². The SMILES string of the molecule is COC1CCCC(Oc2nc3c(cc2C(=N)N)CCC3)C1. The molecule has 3 rings (SSSR count). The molecule has 0 aromatic carbocycles. The summed E-state index contributed by atoms with van der Waals surface area (Å²) >= 11 is 0. The molecule has 5 nitrogen and oxygen atoms in total. The van der Waals surface area contributed by atoms with Crippen molar-refractivity contribution in [3.05, 3.63) is 22.9 Å². The second-order valence-corrected chi connectivity index (χ2v) is 5.98. The minimum Gasteiger partial charge on any atom is -0.474 e. The molecule has 1 heterocycles. The first kappa shape index (κ1) is 14.3. The number of hydrogen-bond acceptors (Lipinski definition) is 4. The molecule has 21 heavy (non-hydrogen) atoms. The van der Waals surface area contributed by atoms with E-state index in [9.17, 15) is 0 Å². The Morgan fingerprint density at radius 3 is 2.86 bits per heavy atom. The lowest BCUT2D eigenvalue weighted by Gasteiger charge is -2.29. The largest absolute Gasteiger partial charge is 0.474 e. The van der Waals surface area contributed by atoms with Gasteiger partial charge >= 0.3 is 0 Å². The maximum absolute atomic E-state index is 7.77. The van der Waals surface area contributed by atoms with Crippen molar-refractivity contribution in [3.8, 4) is 5.88 Å². The normalized spacial score (nSPS) is 24.6. The van der Waals surface area contributed by atoms with E-state index in [1.165, 1.54) is 5.56 Å². The molecule has 2 unspecified atom stereocenters. The number of nitrogen functional groups attached to an aromatic ring is 1. The van der Waals surface area contributed by atoms with Gasteiger partial charge in [-0.05, 0) is 50.2 Å². The van der Waals surface area contributed by atoms with Gasteiger partial charge in [0.25, 0.3) is 0 Å². The van der Waals surface area contributed by atoms with Crippen molar-refractivity contribution < 1.29 is 9.47 Å². The summed E-state index contributed by atoms with van der Waals surface area (Å²) in [6.07, 6.45) is 7.60. The van der Waals surface area contributed by atoms with E-state index < -0.39 is 0 Å². The predicted molar refractivity (Wildman–Crippen MR) is 81.0 cm³/mol. The fourth-order valence-electron chi connectivity index (χ4n) is 3.32. The molecule has 1 fully saturated rings. The number of rotatable bonds is 4. The molecule has 2 aliphatic carbocycles. The van der Waals surface area contributed by atoms with Crippen LogP contribution in [0, 0.1) is 5.41 Å². The second kappa shape index (κ2) is 6.02.